The van der Waals surface area contributed by atoms with Crippen LogP contribution in [0, 0.1) is 5.41 Å². The number of nitrogens with one attached hydrogen (secondary N) is 1. The second kappa shape index (κ2) is 7.48. The molecule has 1 aliphatic rings. The molecular weight excluding hydrogens is 244 g/mol. The van der Waals surface area contributed by atoms with Crippen LogP contribution in [-0.4, -0.2) is 29.6 Å². The molecule has 0 radical (unpaired) electrons. The zero-order valence-corrected chi connectivity index (χ0v) is 11.8. The van der Waals surface area contributed by atoms with Crippen LogP contribution in [0.4, 0.5) is 0 Å². The summed E-state index contributed by atoms with van der Waals surface area (Å²) in [5.74, 6) is -0.939. The van der Waals surface area contributed by atoms with Crippen molar-refractivity contribution in [3.8, 4) is 0 Å². The highest BCUT2D eigenvalue weighted by Crippen LogP contribution is 2.38. The van der Waals surface area contributed by atoms with Gasteiger partial charge in [-0.05, 0) is 24.7 Å². The molecule has 1 amide bonds. The number of nitrogens with two attached hydrogens (primary N) is 1. The van der Waals surface area contributed by atoms with Gasteiger partial charge in [0.1, 0.15) is 0 Å². The largest absolute Gasteiger partial charge is 0.481 e. The Bertz CT molecular complexity index is 312. The number of carboxylic acids is 1. The van der Waals surface area contributed by atoms with Crippen LogP contribution in [0.1, 0.15) is 58.3 Å². The van der Waals surface area contributed by atoms with E-state index < -0.39 is 12.0 Å². The summed E-state index contributed by atoms with van der Waals surface area (Å²) in [5, 5.41) is 11.9. The van der Waals surface area contributed by atoms with Crippen LogP contribution < -0.4 is 11.1 Å². The highest BCUT2D eigenvalue weighted by atomic mass is 16.4. The normalized spacial score (nSPS) is 19.7. The molecule has 5 heteroatoms. The van der Waals surface area contributed by atoms with Crippen LogP contribution in [-0.2, 0) is 9.59 Å². The van der Waals surface area contributed by atoms with Crippen molar-refractivity contribution in [2.75, 3.05) is 6.54 Å². The fraction of sp³-hybridized carbons (Fsp3) is 0.857. The summed E-state index contributed by atoms with van der Waals surface area (Å²) in [4.78, 5) is 22.8. The molecule has 5 nitrogen and oxygen atoms in total. The number of carbonyl (C=O) groups excluding carboxylic acids is 1. The zero-order chi connectivity index (χ0) is 14.3. The first-order valence-corrected chi connectivity index (χ1v) is 7.24. The van der Waals surface area contributed by atoms with E-state index in [4.69, 9.17) is 10.8 Å². The molecule has 1 saturated carbocycles. The molecular formula is C14H26N2O3. The minimum absolute atomic E-state index is 0.135. The molecule has 1 atom stereocenters. The summed E-state index contributed by atoms with van der Waals surface area (Å²) in [6.07, 6.45) is 6.67. The second-order valence-corrected chi connectivity index (χ2v) is 5.74. The molecule has 110 valence electrons. The summed E-state index contributed by atoms with van der Waals surface area (Å²) in [6.45, 7) is 2.43. The Hall–Kier alpha value is -1.10. The zero-order valence-electron chi connectivity index (χ0n) is 11.8. The van der Waals surface area contributed by atoms with Gasteiger partial charge in [-0.15, -0.1) is 0 Å². The van der Waals surface area contributed by atoms with Gasteiger partial charge in [-0.2, -0.15) is 0 Å². The van der Waals surface area contributed by atoms with Gasteiger partial charge >= 0.3 is 5.97 Å². The number of rotatable bonds is 7. The van der Waals surface area contributed by atoms with Crippen LogP contribution in [0.25, 0.3) is 0 Å². The molecule has 1 rings (SSSR count). The van der Waals surface area contributed by atoms with Crippen LogP contribution >= 0.6 is 0 Å². The summed E-state index contributed by atoms with van der Waals surface area (Å²) < 4.78 is 0. The molecule has 0 aliphatic heterocycles. The van der Waals surface area contributed by atoms with E-state index in [1.165, 1.54) is 0 Å². The maximum atomic E-state index is 11.8. The maximum Gasteiger partial charge on any atom is 0.303 e. The van der Waals surface area contributed by atoms with Gasteiger partial charge in [-0.1, -0.05) is 32.6 Å². The molecule has 4 N–H and O–H groups in total. The number of aliphatic carboxylic acids is 1. The molecule has 0 saturated heterocycles. The molecule has 0 aromatic rings. The third-order valence-corrected chi connectivity index (χ3v) is 4.01. The van der Waals surface area contributed by atoms with Crippen molar-refractivity contribution >= 4 is 11.9 Å². The Morgan fingerprint density at radius 1 is 1.32 bits per heavy atom. The molecule has 0 aromatic carbocycles. The molecule has 0 bridgehead atoms. The number of hydrogen-bond donors (Lipinski definition) is 3. The SMILES string of the molecule is CCC[C@@H](N)C(=O)NCC1(CC(=O)O)CCCCC1. The number of carbonyl (C=O) groups is 2. The van der Waals surface area contributed by atoms with Gasteiger partial charge in [0.2, 0.25) is 5.91 Å². The average molecular weight is 270 g/mol. The molecule has 0 unspecified atom stereocenters. The van der Waals surface area contributed by atoms with E-state index in [-0.39, 0.29) is 17.7 Å². The van der Waals surface area contributed by atoms with Crippen molar-refractivity contribution in [3.63, 3.8) is 0 Å². The van der Waals surface area contributed by atoms with Crippen LogP contribution in [0.15, 0.2) is 0 Å². The van der Waals surface area contributed by atoms with Crippen LogP contribution in [0.5, 0.6) is 0 Å². The fourth-order valence-electron chi connectivity index (χ4n) is 2.89. The molecule has 1 aliphatic carbocycles. The third kappa shape index (κ3) is 5.19. The Morgan fingerprint density at radius 2 is 1.95 bits per heavy atom. The minimum Gasteiger partial charge on any atom is -0.481 e. The third-order valence-electron chi connectivity index (χ3n) is 4.01. The Kier molecular flexibility index (Phi) is 6.28. The average Bonchev–Trinajstić information content (AvgIpc) is 2.36. The van der Waals surface area contributed by atoms with Gasteiger partial charge in [-0.25, -0.2) is 0 Å². The van der Waals surface area contributed by atoms with Gasteiger partial charge in [-0.3, -0.25) is 9.59 Å². The number of amides is 1. The Morgan fingerprint density at radius 3 is 2.47 bits per heavy atom. The smallest absolute Gasteiger partial charge is 0.303 e. The highest BCUT2D eigenvalue weighted by molar-refractivity contribution is 5.81. The monoisotopic (exact) mass is 270 g/mol. The highest BCUT2D eigenvalue weighted by Gasteiger charge is 2.35. The lowest BCUT2D eigenvalue weighted by atomic mass is 9.71. The number of hydrogen-bond acceptors (Lipinski definition) is 3. The Balaban J connectivity index is 2.53. The Labute approximate surface area is 114 Å². The van der Waals surface area contributed by atoms with Gasteiger partial charge in [0.15, 0.2) is 0 Å². The second-order valence-electron chi connectivity index (χ2n) is 5.74. The first-order chi connectivity index (χ1) is 8.99. The van der Waals surface area contributed by atoms with Gasteiger partial charge in [0.05, 0.1) is 12.5 Å². The quantitative estimate of drug-likeness (QED) is 0.656. The van der Waals surface area contributed by atoms with Crippen molar-refractivity contribution in [2.24, 2.45) is 11.1 Å². The van der Waals surface area contributed by atoms with E-state index in [0.717, 1.165) is 38.5 Å². The minimum atomic E-state index is -0.783. The van der Waals surface area contributed by atoms with Crippen molar-refractivity contribution < 1.29 is 14.7 Å². The summed E-state index contributed by atoms with van der Waals surface area (Å²) in [7, 11) is 0. The van der Waals surface area contributed by atoms with E-state index in [0.29, 0.717) is 13.0 Å². The predicted octanol–water partition coefficient (Wildman–Crippen LogP) is 1.66. The van der Waals surface area contributed by atoms with Crippen molar-refractivity contribution in [3.05, 3.63) is 0 Å². The maximum absolute atomic E-state index is 11.8. The van der Waals surface area contributed by atoms with Gasteiger partial charge < -0.3 is 16.2 Å². The molecule has 0 aromatic heterocycles. The first-order valence-electron chi connectivity index (χ1n) is 7.24. The van der Waals surface area contributed by atoms with Crippen molar-refractivity contribution in [1.29, 1.82) is 0 Å². The molecule has 19 heavy (non-hydrogen) atoms. The number of carboxylic acid groups (broad SMARTS) is 1. The van der Waals surface area contributed by atoms with Crippen molar-refractivity contribution in [2.45, 2.75) is 64.3 Å². The van der Waals surface area contributed by atoms with Crippen LogP contribution in [0.3, 0.4) is 0 Å². The predicted molar refractivity (Wildman–Crippen MR) is 73.7 cm³/mol. The van der Waals surface area contributed by atoms with Gasteiger partial charge in [0, 0.05) is 6.54 Å². The summed E-state index contributed by atoms with van der Waals surface area (Å²) in [5.41, 5.74) is 5.49. The lowest BCUT2D eigenvalue weighted by Crippen LogP contribution is -2.46. The fourth-order valence-corrected chi connectivity index (χ4v) is 2.89. The first kappa shape index (κ1) is 16.0. The van der Waals surface area contributed by atoms with E-state index in [1.54, 1.807) is 0 Å². The van der Waals surface area contributed by atoms with E-state index in [2.05, 4.69) is 5.32 Å². The molecule has 1 fully saturated rings. The van der Waals surface area contributed by atoms with E-state index in [9.17, 15) is 9.59 Å². The standard InChI is InChI=1S/C14H26N2O3/c1-2-6-11(15)13(19)16-10-14(9-12(17)18)7-4-3-5-8-14/h11H,2-10,15H2,1H3,(H,16,19)(H,17,18)/t11-/m1/s1. The van der Waals surface area contributed by atoms with Gasteiger partial charge in [0.25, 0.3) is 0 Å². The molecule has 0 spiro atoms. The lowest BCUT2D eigenvalue weighted by molar-refractivity contribution is -0.140. The van der Waals surface area contributed by atoms with Crippen LogP contribution in [0.2, 0.25) is 0 Å². The van der Waals surface area contributed by atoms with E-state index in [1.807, 2.05) is 6.92 Å². The lowest BCUT2D eigenvalue weighted by Gasteiger charge is -2.36. The van der Waals surface area contributed by atoms with E-state index >= 15 is 0 Å². The van der Waals surface area contributed by atoms with Crippen molar-refractivity contribution in [1.82, 2.24) is 5.32 Å². The summed E-state index contributed by atoms with van der Waals surface area (Å²) in [6, 6.07) is -0.476. The summed E-state index contributed by atoms with van der Waals surface area (Å²) >= 11 is 0. The topological polar surface area (TPSA) is 92.4 Å². The molecule has 0 heterocycles.